The van der Waals surface area contributed by atoms with Gasteiger partial charge in [-0.05, 0) is 55.3 Å². The summed E-state index contributed by atoms with van der Waals surface area (Å²) in [6.07, 6.45) is 1.67. The van der Waals surface area contributed by atoms with Gasteiger partial charge in [-0.3, -0.25) is 9.36 Å². The van der Waals surface area contributed by atoms with Crippen LogP contribution in [-0.4, -0.2) is 34.5 Å². The van der Waals surface area contributed by atoms with Gasteiger partial charge in [-0.1, -0.05) is 29.5 Å². The van der Waals surface area contributed by atoms with Crippen molar-refractivity contribution in [2.45, 2.75) is 19.9 Å². The predicted octanol–water partition coefficient (Wildman–Crippen LogP) is 2.33. The van der Waals surface area contributed by atoms with Gasteiger partial charge < -0.3 is 19.7 Å². The average Bonchev–Trinajstić information content (AvgIpc) is 3.09. The van der Waals surface area contributed by atoms with E-state index >= 15 is 0 Å². The molecule has 33 heavy (non-hydrogen) atoms. The standard InChI is InChI=1S/C24H22N2O6S/c1-4-32-23(30)20-13(2)26-22(29)19(11-14-6-5-7-16(27)10-14)33-24(26)25-21(20)15-8-9-17(28)18(12-15)31-3/h5-12,21,27-28H,4H2,1-3H3/b19-11-/t21-/m1/s1. The van der Waals surface area contributed by atoms with Gasteiger partial charge in [0.2, 0.25) is 0 Å². The number of phenols is 2. The lowest BCUT2D eigenvalue weighted by Gasteiger charge is -2.22. The molecule has 1 aliphatic heterocycles. The van der Waals surface area contributed by atoms with Crippen LogP contribution in [0.2, 0.25) is 0 Å². The normalized spacial score (nSPS) is 15.7. The topological polar surface area (TPSA) is 110 Å². The highest BCUT2D eigenvalue weighted by Crippen LogP contribution is 2.36. The van der Waals surface area contributed by atoms with Crippen LogP contribution in [0.4, 0.5) is 0 Å². The van der Waals surface area contributed by atoms with Crippen LogP contribution in [0.1, 0.15) is 31.0 Å². The number of allylic oxidation sites excluding steroid dienone is 1. The number of benzene rings is 2. The molecule has 0 saturated heterocycles. The van der Waals surface area contributed by atoms with E-state index in [1.54, 1.807) is 56.3 Å². The van der Waals surface area contributed by atoms with Gasteiger partial charge in [0.05, 0.1) is 23.8 Å². The van der Waals surface area contributed by atoms with Crippen LogP contribution in [0, 0.1) is 0 Å². The van der Waals surface area contributed by atoms with Gasteiger partial charge >= 0.3 is 5.97 Å². The molecule has 8 nitrogen and oxygen atoms in total. The van der Waals surface area contributed by atoms with Crippen molar-refractivity contribution in [1.82, 2.24) is 4.57 Å². The zero-order valence-electron chi connectivity index (χ0n) is 18.2. The highest BCUT2D eigenvalue weighted by molar-refractivity contribution is 7.07. The summed E-state index contributed by atoms with van der Waals surface area (Å²) in [5.41, 5.74) is 1.62. The lowest BCUT2D eigenvalue weighted by atomic mass is 9.96. The van der Waals surface area contributed by atoms with Crippen molar-refractivity contribution in [3.63, 3.8) is 0 Å². The maximum absolute atomic E-state index is 13.2. The van der Waals surface area contributed by atoms with E-state index in [-0.39, 0.29) is 35.0 Å². The van der Waals surface area contributed by atoms with Gasteiger partial charge in [0.1, 0.15) is 11.8 Å². The predicted molar refractivity (Wildman–Crippen MR) is 124 cm³/mol. The molecule has 0 fully saturated rings. The van der Waals surface area contributed by atoms with Crippen molar-refractivity contribution in [2.24, 2.45) is 4.99 Å². The molecule has 0 aliphatic carbocycles. The molecule has 0 bridgehead atoms. The fourth-order valence-corrected chi connectivity index (χ4v) is 4.73. The van der Waals surface area contributed by atoms with Crippen molar-refractivity contribution < 1.29 is 24.5 Å². The zero-order valence-corrected chi connectivity index (χ0v) is 19.0. The Labute approximate surface area is 193 Å². The van der Waals surface area contributed by atoms with E-state index in [2.05, 4.69) is 0 Å². The number of ether oxygens (including phenoxy) is 2. The molecule has 0 spiro atoms. The molecule has 2 aromatic carbocycles. The molecule has 2 heterocycles. The van der Waals surface area contributed by atoms with Gasteiger partial charge in [-0.2, -0.15) is 0 Å². The van der Waals surface area contributed by atoms with Crippen LogP contribution in [0.25, 0.3) is 11.8 Å². The summed E-state index contributed by atoms with van der Waals surface area (Å²) in [5, 5.41) is 19.7. The molecule has 4 rings (SSSR count). The molecule has 0 saturated carbocycles. The van der Waals surface area contributed by atoms with Crippen molar-refractivity contribution >= 4 is 29.1 Å². The van der Waals surface area contributed by atoms with Crippen LogP contribution in [0.5, 0.6) is 17.2 Å². The van der Waals surface area contributed by atoms with Crippen molar-refractivity contribution in [3.8, 4) is 17.2 Å². The van der Waals surface area contributed by atoms with Crippen LogP contribution < -0.4 is 19.6 Å². The van der Waals surface area contributed by atoms with Crippen LogP contribution >= 0.6 is 11.3 Å². The minimum Gasteiger partial charge on any atom is -0.508 e. The number of esters is 1. The lowest BCUT2D eigenvalue weighted by molar-refractivity contribution is -0.138. The average molecular weight is 467 g/mol. The first-order valence-electron chi connectivity index (χ1n) is 10.2. The van der Waals surface area contributed by atoms with Crippen LogP contribution in [-0.2, 0) is 9.53 Å². The Balaban J connectivity index is 1.96. The summed E-state index contributed by atoms with van der Waals surface area (Å²) < 4.78 is 12.3. The molecule has 0 unspecified atom stereocenters. The zero-order chi connectivity index (χ0) is 23.7. The first kappa shape index (κ1) is 22.3. The first-order chi connectivity index (χ1) is 15.8. The van der Waals surface area contributed by atoms with E-state index in [9.17, 15) is 19.8 Å². The number of carbonyl (C=O) groups excluding carboxylic acids is 1. The number of nitrogens with zero attached hydrogens (tertiary/aromatic N) is 2. The molecule has 170 valence electrons. The van der Waals surface area contributed by atoms with Crippen molar-refractivity contribution in [2.75, 3.05) is 13.7 Å². The molecule has 3 aromatic rings. The summed E-state index contributed by atoms with van der Waals surface area (Å²) in [5.74, 6) is -0.267. The third-order valence-corrected chi connectivity index (χ3v) is 6.21. The Morgan fingerprint density at radius 3 is 2.73 bits per heavy atom. The first-order valence-corrected chi connectivity index (χ1v) is 11.0. The molecule has 1 aromatic heterocycles. The highest BCUT2D eigenvalue weighted by Gasteiger charge is 2.31. The number of thiazole rings is 1. The van der Waals surface area contributed by atoms with E-state index in [1.807, 2.05) is 0 Å². The Hall–Kier alpha value is -3.85. The number of carbonyl (C=O) groups is 1. The number of hydrogen-bond acceptors (Lipinski definition) is 8. The Kier molecular flexibility index (Phi) is 6.06. The van der Waals surface area contributed by atoms with Crippen LogP contribution in [0.15, 0.2) is 57.8 Å². The number of aromatic nitrogens is 1. The molecule has 2 N–H and O–H groups in total. The van der Waals surface area contributed by atoms with E-state index in [0.717, 1.165) is 0 Å². The molecule has 1 aliphatic rings. The number of rotatable bonds is 5. The van der Waals surface area contributed by atoms with Crippen LogP contribution in [0.3, 0.4) is 0 Å². The Morgan fingerprint density at radius 2 is 2.03 bits per heavy atom. The number of phenolic OH excluding ortho intramolecular Hbond substituents is 2. The maximum Gasteiger partial charge on any atom is 0.338 e. The van der Waals surface area contributed by atoms with E-state index in [4.69, 9.17) is 14.5 Å². The fourth-order valence-electron chi connectivity index (χ4n) is 3.69. The number of aromatic hydroxyl groups is 2. The molecule has 1 atom stereocenters. The third-order valence-electron chi connectivity index (χ3n) is 5.23. The van der Waals surface area contributed by atoms with Gasteiger partial charge in [-0.15, -0.1) is 0 Å². The Morgan fingerprint density at radius 1 is 1.24 bits per heavy atom. The molecule has 9 heteroatoms. The fraction of sp³-hybridized carbons (Fsp3) is 0.208. The summed E-state index contributed by atoms with van der Waals surface area (Å²) in [6.45, 7) is 3.56. The second kappa shape index (κ2) is 8.95. The van der Waals surface area contributed by atoms with Gasteiger partial charge in [0, 0.05) is 5.70 Å². The largest absolute Gasteiger partial charge is 0.508 e. The lowest BCUT2D eigenvalue weighted by Crippen LogP contribution is -2.35. The highest BCUT2D eigenvalue weighted by atomic mass is 32.1. The quantitative estimate of drug-likeness (QED) is 0.559. The van der Waals surface area contributed by atoms with E-state index in [0.29, 0.717) is 26.2 Å². The summed E-state index contributed by atoms with van der Waals surface area (Å²) in [6, 6.07) is 10.6. The number of methoxy groups -OCH3 is 1. The molecule has 0 amide bonds. The SMILES string of the molecule is CCOC(=O)C1=C(C)n2c(s/c(=C\c3cccc(O)c3)c2=O)=N[C@@H]1c1ccc(O)c(OC)c1. The number of fused-ring (bicyclic) bond motifs is 1. The monoisotopic (exact) mass is 466 g/mol. The second-order valence-corrected chi connectivity index (χ2v) is 8.32. The second-order valence-electron chi connectivity index (χ2n) is 7.31. The minimum absolute atomic E-state index is 0.0357. The third kappa shape index (κ3) is 4.14. The summed E-state index contributed by atoms with van der Waals surface area (Å²) in [4.78, 5) is 31.2. The van der Waals surface area contributed by atoms with Crippen molar-refractivity contribution in [3.05, 3.63) is 78.9 Å². The smallest absolute Gasteiger partial charge is 0.338 e. The minimum atomic E-state index is -0.745. The maximum atomic E-state index is 13.2. The molecular weight excluding hydrogens is 444 g/mol. The summed E-state index contributed by atoms with van der Waals surface area (Å²) in [7, 11) is 1.44. The summed E-state index contributed by atoms with van der Waals surface area (Å²) >= 11 is 1.18. The van der Waals surface area contributed by atoms with E-state index < -0.39 is 12.0 Å². The van der Waals surface area contributed by atoms with Gasteiger partial charge in [0.15, 0.2) is 16.3 Å². The number of hydrogen-bond donors (Lipinski definition) is 2. The van der Waals surface area contributed by atoms with Gasteiger partial charge in [0.25, 0.3) is 5.56 Å². The molecular formula is C24H22N2O6S. The Bertz CT molecular complexity index is 1450. The van der Waals surface area contributed by atoms with E-state index in [1.165, 1.54) is 29.1 Å². The van der Waals surface area contributed by atoms with Gasteiger partial charge in [-0.25, -0.2) is 9.79 Å². The van der Waals surface area contributed by atoms with Crippen molar-refractivity contribution in [1.29, 1.82) is 0 Å². The molecule has 0 radical (unpaired) electrons.